The highest BCUT2D eigenvalue weighted by atomic mass is 16.5. The SMILES string of the molecule is CCc1nccc(-c2cccnc2Oc2ccc(NC(=O)c3ccncc3)cc2C)n1. The molecule has 0 aliphatic carbocycles. The lowest BCUT2D eigenvalue weighted by molar-refractivity contribution is 0.102. The Balaban J connectivity index is 1.56. The molecule has 0 saturated heterocycles. The van der Waals surface area contributed by atoms with Crippen LogP contribution in [-0.2, 0) is 6.42 Å². The Hall–Kier alpha value is -4.13. The van der Waals surface area contributed by atoms with E-state index < -0.39 is 0 Å². The van der Waals surface area contributed by atoms with E-state index in [0.29, 0.717) is 22.9 Å². The normalized spacial score (nSPS) is 10.5. The van der Waals surface area contributed by atoms with E-state index in [-0.39, 0.29) is 5.91 Å². The van der Waals surface area contributed by atoms with Crippen LogP contribution >= 0.6 is 0 Å². The molecule has 0 aliphatic heterocycles. The molecule has 0 aliphatic rings. The Morgan fingerprint density at radius 2 is 1.84 bits per heavy atom. The van der Waals surface area contributed by atoms with Crippen LogP contribution in [0.25, 0.3) is 11.3 Å². The Kier molecular flexibility index (Phi) is 5.93. The second-order valence-corrected chi connectivity index (χ2v) is 6.84. The number of amides is 1. The van der Waals surface area contributed by atoms with Crippen LogP contribution in [-0.4, -0.2) is 25.8 Å². The number of carbonyl (C=O) groups is 1. The Morgan fingerprint density at radius 1 is 1.00 bits per heavy atom. The molecule has 1 N–H and O–H groups in total. The highest BCUT2D eigenvalue weighted by Crippen LogP contribution is 2.32. The topological polar surface area (TPSA) is 89.9 Å². The van der Waals surface area contributed by atoms with E-state index in [1.807, 2.05) is 44.2 Å². The smallest absolute Gasteiger partial charge is 0.255 e. The summed E-state index contributed by atoms with van der Waals surface area (Å²) < 4.78 is 6.12. The number of nitrogens with one attached hydrogen (secondary N) is 1. The third-order valence-corrected chi connectivity index (χ3v) is 4.65. The van der Waals surface area contributed by atoms with Crippen molar-refractivity contribution in [1.82, 2.24) is 19.9 Å². The Labute approximate surface area is 180 Å². The van der Waals surface area contributed by atoms with Crippen molar-refractivity contribution in [2.24, 2.45) is 0 Å². The molecule has 0 bridgehead atoms. The van der Waals surface area contributed by atoms with Gasteiger partial charge in [0.2, 0.25) is 5.88 Å². The lowest BCUT2D eigenvalue weighted by atomic mass is 10.1. The zero-order chi connectivity index (χ0) is 21.6. The molecular weight excluding hydrogens is 390 g/mol. The number of aryl methyl sites for hydroxylation is 2. The maximum atomic E-state index is 12.4. The lowest BCUT2D eigenvalue weighted by Gasteiger charge is -2.13. The number of carbonyl (C=O) groups excluding carboxylic acids is 1. The van der Waals surface area contributed by atoms with E-state index in [0.717, 1.165) is 29.1 Å². The van der Waals surface area contributed by atoms with Crippen molar-refractivity contribution in [1.29, 1.82) is 0 Å². The van der Waals surface area contributed by atoms with Crippen LogP contribution < -0.4 is 10.1 Å². The first-order valence-corrected chi connectivity index (χ1v) is 9.91. The van der Waals surface area contributed by atoms with Gasteiger partial charge in [-0.25, -0.2) is 15.0 Å². The first kappa shape index (κ1) is 20.2. The molecule has 0 atom stereocenters. The molecule has 0 fully saturated rings. The van der Waals surface area contributed by atoms with Crippen molar-refractivity contribution in [2.75, 3.05) is 5.32 Å². The summed E-state index contributed by atoms with van der Waals surface area (Å²) in [6.45, 7) is 3.93. The summed E-state index contributed by atoms with van der Waals surface area (Å²) in [4.78, 5) is 29.5. The van der Waals surface area contributed by atoms with Crippen molar-refractivity contribution in [3.8, 4) is 22.9 Å². The predicted octanol–water partition coefficient (Wildman–Crippen LogP) is 4.85. The van der Waals surface area contributed by atoms with E-state index >= 15 is 0 Å². The molecular formula is C24H21N5O2. The van der Waals surface area contributed by atoms with E-state index in [2.05, 4.69) is 25.3 Å². The van der Waals surface area contributed by atoms with Crippen LogP contribution in [0.4, 0.5) is 5.69 Å². The lowest BCUT2D eigenvalue weighted by Crippen LogP contribution is -2.11. The molecule has 3 aromatic heterocycles. The average molecular weight is 411 g/mol. The highest BCUT2D eigenvalue weighted by Gasteiger charge is 2.13. The van der Waals surface area contributed by atoms with Gasteiger partial charge in [0.15, 0.2) is 0 Å². The van der Waals surface area contributed by atoms with Gasteiger partial charge in [-0.2, -0.15) is 0 Å². The summed E-state index contributed by atoms with van der Waals surface area (Å²) in [6, 6.07) is 14.4. The summed E-state index contributed by atoms with van der Waals surface area (Å²) in [5.41, 5.74) is 3.63. The predicted molar refractivity (Wildman–Crippen MR) is 118 cm³/mol. The Bertz CT molecular complexity index is 1210. The van der Waals surface area contributed by atoms with Crippen LogP contribution in [0.2, 0.25) is 0 Å². The zero-order valence-corrected chi connectivity index (χ0v) is 17.2. The molecule has 31 heavy (non-hydrogen) atoms. The van der Waals surface area contributed by atoms with E-state index in [4.69, 9.17) is 4.74 Å². The second-order valence-electron chi connectivity index (χ2n) is 6.84. The minimum absolute atomic E-state index is 0.196. The first-order chi connectivity index (χ1) is 15.1. The van der Waals surface area contributed by atoms with Gasteiger partial charge in [0, 0.05) is 42.5 Å². The molecule has 0 radical (unpaired) electrons. The summed E-state index contributed by atoms with van der Waals surface area (Å²) in [5.74, 6) is 1.67. The van der Waals surface area contributed by atoms with E-state index in [9.17, 15) is 4.79 Å². The molecule has 154 valence electrons. The number of hydrogen-bond donors (Lipinski definition) is 1. The zero-order valence-electron chi connectivity index (χ0n) is 17.2. The van der Waals surface area contributed by atoms with Gasteiger partial charge in [-0.05, 0) is 61.0 Å². The number of nitrogens with zero attached hydrogens (tertiary/aromatic N) is 4. The average Bonchev–Trinajstić information content (AvgIpc) is 2.82. The molecule has 7 heteroatoms. The standard InChI is InChI=1S/C24H21N5O2/c1-3-22-26-14-10-20(29-22)19-5-4-11-27-24(19)31-21-7-6-18(15-16(21)2)28-23(30)17-8-12-25-13-9-17/h4-15H,3H2,1-2H3,(H,28,30). The van der Waals surface area contributed by atoms with Crippen molar-refractivity contribution >= 4 is 11.6 Å². The molecule has 3 heterocycles. The number of pyridine rings is 2. The highest BCUT2D eigenvalue weighted by molar-refractivity contribution is 6.04. The van der Waals surface area contributed by atoms with Gasteiger partial charge in [-0.3, -0.25) is 9.78 Å². The van der Waals surface area contributed by atoms with Crippen molar-refractivity contribution in [3.63, 3.8) is 0 Å². The summed E-state index contributed by atoms with van der Waals surface area (Å²) in [6.07, 6.45) is 7.34. The van der Waals surface area contributed by atoms with Gasteiger partial charge in [0.25, 0.3) is 5.91 Å². The van der Waals surface area contributed by atoms with E-state index in [1.165, 1.54) is 0 Å². The van der Waals surface area contributed by atoms with Gasteiger partial charge in [-0.1, -0.05) is 6.92 Å². The quantitative estimate of drug-likeness (QED) is 0.488. The molecule has 7 nitrogen and oxygen atoms in total. The third kappa shape index (κ3) is 4.72. The third-order valence-electron chi connectivity index (χ3n) is 4.65. The summed E-state index contributed by atoms with van der Waals surface area (Å²) in [7, 11) is 0. The number of anilines is 1. The fourth-order valence-corrected chi connectivity index (χ4v) is 3.04. The molecule has 4 aromatic rings. The number of ether oxygens (including phenoxy) is 1. The fraction of sp³-hybridized carbons (Fsp3) is 0.125. The van der Waals surface area contributed by atoms with E-state index in [1.54, 1.807) is 43.0 Å². The van der Waals surface area contributed by atoms with Crippen LogP contribution in [0.1, 0.15) is 28.7 Å². The Morgan fingerprint density at radius 3 is 2.61 bits per heavy atom. The molecule has 0 unspecified atom stereocenters. The molecule has 0 saturated carbocycles. The van der Waals surface area contributed by atoms with Gasteiger partial charge >= 0.3 is 0 Å². The number of benzene rings is 1. The maximum absolute atomic E-state index is 12.4. The minimum atomic E-state index is -0.196. The minimum Gasteiger partial charge on any atom is -0.438 e. The number of rotatable bonds is 6. The maximum Gasteiger partial charge on any atom is 0.255 e. The first-order valence-electron chi connectivity index (χ1n) is 9.91. The van der Waals surface area contributed by atoms with Crippen LogP contribution in [0.15, 0.2) is 73.3 Å². The van der Waals surface area contributed by atoms with Gasteiger partial charge in [0.05, 0.1) is 11.3 Å². The van der Waals surface area contributed by atoms with Crippen LogP contribution in [0.5, 0.6) is 11.6 Å². The number of hydrogen-bond acceptors (Lipinski definition) is 6. The van der Waals surface area contributed by atoms with Crippen LogP contribution in [0.3, 0.4) is 0 Å². The van der Waals surface area contributed by atoms with Gasteiger partial charge < -0.3 is 10.1 Å². The summed E-state index contributed by atoms with van der Waals surface area (Å²) >= 11 is 0. The molecule has 0 spiro atoms. The van der Waals surface area contributed by atoms with Crippen LogP contribution in [0, 0.1) is 6.92 Å². The summed E-state index contributed by atoms with van der Waals surface area (Å²) in [5, 5.41) is 2.89. The van der Waals surface area contributed by atoms with Crippen molar-refractivity contribution in [2.45, 2.75) is 20.3 Å². The van der Waals surface area contributed by atoms with Gasteiger partial charge in [0.1, 0.15) is 11.6 Å². The molecule has 1 amide bonds. The largest absolute Gasteiger partial charge is 0.438 e. The molecule has 1 aromatic carbocycles. The molecule has 4 rings (SSSR count). The van der Waals surface area contributed by atoms with Crippen molar-refractivity contribution < 1.29 is 9.53 Å². The van der Waals surface area contributed by atoms with Crippen molar-refractivity contribution in [3.05, 3.63) is 90.3 Å². The monoisotopic (exact) mass is 411 g/mol. The van der Waals surface area contributed by atoms with Gasteiger partial charge in [-0.15, -0.1) is 0 Å². The number of aromatic nitrogens is 4. The second kappa shape index (κ2) is 9.13. The fourth-order valence-electron chi connectivity index (χ4n) is 3.04.